The SMILES string of the molecule is O=C(OCC(O)CO)c1ccccc1O.O=C(OCC(O)CO)c1ccccc1O. The Bertz CT molecular complexity index is 740. The Balaban J connectivity index is 0.000000300. The van der Waals surface area contributed by atoms with Crippen molar-refractivity contribution >= 4 is 11.9 Å². The first-order chi connectivity index (χ1) is 14.3. The van der Waals surface area contributed by atoms with E-state index in [-0.39, 0.29) is 35.8 Å². The first-order valence-electron chi connectivity index (χ1n) is 8.78. The Morgan fingerprint density at radius 1 is 0.700 bits per heavy atom. The molecule has 2 aromatic rings. The summed E-state index contributed by atoms with van der Waals surface area (Å²) in [6.07, 6.45) is -2.19. The summed E-state index contributed by atoms with van der Waals surface area (Å²) in [5.74, 6) is -1.83. The molecule has 0 aromatic heterocycles. The third kappa shape index (κ3) is 8.45. The van der Waals surface area contributed by atoms with E-state index in [0.717, 1.165) is 0 Å². The fourth-order valence-corrected chi connectivity index (χ4v) is 1.90. The number of hydrogen-bond donors (Lipinski definition) is 6. The lowest BCUT2D eigenvalue weighted by molar-refractivity contribution is 0.00878. The van der Waals surface area contributed by atoms with Gasteiger partial charge in [-0.05, 0) is 24.3 Å². The van der Waals surface area contributed by atoms with Gasteiger partial charge in [0, 0.05) is 0 Å². The third-order valence-corrected chi connectivity index (χ3v) is 3.48. The number of aliphatic hydroxyl groups excluding tert-OH is 4. The van der Waals surface area contributed by atoms with Crippen LogP contribution in [0.3, 0.4) is 0 Å². The fraction of sp³-hybridized carbons (Fsp3) is 0.300. The Morgan fingerprint density at radius 2 is 1.03 bits per heavy atom. The van der Waals surface area contributed by atoms with E-state index in [1.165, 1.54) is 24.3 Å². The predicted octanol–water partition coefficient (Wildman–Crippen LogP) is -0.196. The lowest BCUT2D eigenvalue weighted by Gasteiger charge is -2.08. The summed E-state index contributed by atoms with van der Waals surface area (Å²) < 4.78 is 9.31. The summed E-state index contributed by atoms with van der Waals surface area (Å²) in [7, 11) is 0. The zero-order valence-corrected chi connectivity index (χ0v) is 15.9. The number of carbonyl (C=O) groups is 2. The van der Waals surface area contributed by atoms with Gasteiger partial charge in [-0.15, -0.1) is 0 Å². The van der Waals surface area contributed by atoms with Crippen LogP contribution in [0.5, 0.6) is 11.5 Å². The summed E-state index contributed by atoms with van der Waals surface area (Å²) in [6.45, 7) is -1.56. The number of carbonyl (C=O) groups excluding carboxylic acids is 2. The molecule has 2 unspecified atom stereocenters. The molecule has 0 aliphatic carbocycles. The summed E-state index contributed by atoms with van der Waals surface area (Å²) in [5, 5.41) is 53.4. The van der Waals surface area contributed by atoms with Gasteiger partial charge in [0.05, 0.1) is 13.2 Å². The topological polar surface area (TPSA) is 174 Å². The normalized spacial score (nSPS) is 12.1. The van der Waals surface area contributed by atoms with Gasteiger partial charge in [-0.3, -0.25) is 0 Å². The van der Waals surface area contributed by atoms with E-state index in [9.17, 15) is 19.8 Å². The van der Waals surface area contributed by atoms with Crippen molar-refractivity contribution in [1.29, 1.82) is 0 Å². The highest BCUT2D eigenvalue weighted by atomic mass is 16.5. The maximum absolute atomic E-state index is 11.3. The summed E-state index contributed by atoms with van der Waals surface area (Å²) in [4.78, 5) is 22.6. The van der Waals surface area contributed by atoms with Gasteiger partial charge in [0.1, 0.15) is 48.0 Å². The largest absolute Gasteiger partial charge is 0.507 e. The monoisotopic (exact) mass is 424 g/mol. The molecule has 10 heteroatoms. The molecule has 2 rings (SSSR count). The minimum atomic E-state index is -1.10. The molecule has 2 atom stereocenters. The van der Waals surface area contributed by atoms with Crippen LogP contribution >= 0.6 is 0 Å². The van der Waals surface area contributed by atoms with E-state index in [1.54, 1.807) is 24.3 Å². The molecule has 0 saturated carbocycles. The number of esters is 2. The third-order valence-electron chi connectivity index (χ3n) is 3.48. The van der Waals surface area contributed by atoms with E-state index < -0.39 is 37.4 Å². The quantitative estimate of drug-likeness (QED) is 0.312. The Kier molecular flexibility index (Phi) is 10.9. The number of para-hydroxylation sites is 2. The van der Waals surface area contributed by atoms with Crippen molar-refractivity contribution < 1.29 is 49.7 Å². The predicted molar refractivity (Wildman–Crippen MR) is 103 cm³/mol. The second-order valence-corrected chi connectivity index (χ2v) is 5.90. The van der Waals surface area contributed by atoms with Gasteiger partial charge in [0.15, 0.2) is 0 Å². The van der Waals surface area contributed by atoms with Crippen molar-refractivity contribution in [2.75, 3.05) is 26.4 Å². The lowest BCUT2D eigenvalue weighted by atomic mass is 10.2. The van der Waals surface area contributed by atoms with E-state index in [0.29, 0.717) is 0 Å². The number of phenols is 2. The van der Waals surface area contributed by atoms with Crippen LogP contribution in [0.1, 0.15) is 20.7 Å². The molecular weight excluding hydrogens is 400 g/mol. The van der Waals surface area contributed by atoms with Gasteiger partial charge in [-0.25, -0.2) is 9.59 Å². The van der Waals surface area contributed by atoms with Crippen LogP contribution in [0.15, 0.2) is 48.5 Å². The van der Waals surface area contributed by atoms with Gasteiger partial charge in [0.25, 0.3) is 0 Å². The summed E-state index contributed by atoms with van der Waals surface area (Å²) >= 11 is 0. The molecule has 6 N–H and O–H groups in total. The van der Waals surface area contributed by atoms with Gasteiger partial charge < -0.3 is 40.1 Å². The molecule has 0 saturated heterocycles. The molecule has 0 radical (unpaired) electrons. The summed E-state index contributed by atoms with van der Waals surface area (Å²) in [6, 6.07) is 11.9. The summed E-state index contributed by atoms with van der Waals surface area (Å²) in [5.41, 5.74) is 0.0604. The van der Waals surface area contributed by atoms with Crippen LogP contribution in [0, 0.1) is 0 Å². The van der Waals surface area contributed by atoms with Crippen LogP contribution in [0.4, 0.5) is 0 Å². The fourth-order valence-electron chi connectivity index (χ4n) is 1.90. The smallest absolute Gasteiger partial charge is 0.342 e. The molecule has 0 amide bonds. The zero-order chi connectivity index (χ0) is 22.5. The highest BCUT2D eigenvalue weighted by Gasteiger charge is 2.14. The highest BCUT2D eigenvalue weighted by molar-refractivity contribution is 5.92. The standard InChI is InChI=1S/2C10H12O5/c2*11-5-7(12)6-15-10(14)8-3-1-2-4-9(8)13/h2*1-4,7,11-13H,5-6H2. The Hall–Kier alpha value is -3.18. The van der Waals surface area contributed by atoms with E-state index in [4.69, 9.17) is 20.4 Å². The van der Waals surface area contributed by atoms with Crippen molar-refractivity contribution in [3.05, 3.63) is 59.7 Å². The molecule has 164 valence electrons. The van der Waals surface area contributed by atoms with E-state index in [1.807, 2.05) is 0 Å². The van der Waals surface area contributed by atoms with Crippen molar-refractivity contribution in [3.63, 3.8) is 0 Å². The minimum absolute atomic E-state index is 0.0302. The minimum Gasteiger partial charge on any atom is -0.507 e. The number of phenolic OH excluding ortho intramolecular Hbond substituents is 2. The highest BCUT2D eigenvalue weighted by Crippen LogP contribution is 2.17. The Labute approximate surface area is 172 Å². The van der Waals surface area contributed by atoms with Gasteiger partial charge in [0.2, 0.25) is 0 Å². The zero-order valence-electron chi connectivity index (χ0n) is 15.9. The molecule has 0 heterocycles. The number of aliphatic hydroxyl groups is 4. The number of benzene rings is 2. The van der Waals surface area contributed by atoms with Gasteiger partial charge in [-0.2, -0.15) is 0 Å². The van der Waals surface area contributed by atoms with Gasteiger partial charge >= 0.3 is 11.9 Å². The molecular formula is C20H24O10. The number of hydrogen-bond acceptors (Lipinski definition) is 10. The Morgan fingerprint density at radius 3 is 1.33 bits per heavy atom. The number of rotatable bonds is 8. The van der Waals surface area contributed by atoms with E-state index >= 15 is 0 Å². The first kappa shape index (κ1) is 24.9. The average Bonchev–Trinajstić information content (AvgIpc) is 2.76. The molecule has 0 aliphatic heterocycles. The maximum Gasteiger partial charge on any atom is 0.342 e. The second kappa shape index (κ2) is 13.1. The molecule has 30 heavy (non-hydrogen) atoms. The van der Waals surface area contributed by atoms with Crippen LogP contribution < -0.4 is 0 Å². The molecule has 0 spiro atoms. The van der Waals surface area contributed by atoms with Crippen LogP contribution in [0.25, 0.3) is 0 Å². The molecule has 0 bridgehead atoms. The van der Waals surface area contributed by atoms with Crippen molar-refractivity contribution in [3.8, 4) is 11.5 Å². The lowest BCUT2D eigenvalue weighted by Crippen LogP contribution is -2.21. The first-order valence-corrected chi connectivity index (χ1v) is 8.78. The molecule has 0 fully saturated rings. The van der Waals surface area contributed by atoms with Crippen molar-refractivity contribution in [2.24, 2.45) is 0 Å². The van der Waals surface area contributed by atoms with Crippen molar-refractivity contribution in [2.45, 2.75) is 12.2 Å². The van der Waals surface area contributed by atoms with E-state index in [2.05, 4.69) is 9.47 Å². The molecule has 0 aliphatic rings. The second-order valence-electron chi connectivity index (χ2n) is 5.90. The molecule has 2 aromatic carbocycles. The molecule has 10 nitrogen and oxygen atoms in total. The van der Waals surface area contributed by atoms with Crippen LogP contribution in [-0.4, -0.2) is 81.2 Å². The number of aromatic hydroxyl groups is 2. The van der Waals surface area contributed by atoms with Gasteiger partial charge in [-0.1, -0.05) is 24.3 Å². The van der Waals surface area contributed by atoms with Crippen LogP contribution in [0.2, 0.25) is 0 Å². The van der Waals surface area contributed by atoms with Crippen molar-refractivity contribution in [1.82, 2.24) is 0 Å². The maximum atomic E-state index is 11.3. The van der Waals surface area contributed by atoms with Crippen LogP contribution in [-0.2, 0) is 9.47 Å². The number of ether oxygens (including phenoxy) is 2. The average molecular weight is 424 g/mol.